The lowest BCUT2D eigenvalue weighted by molar-refractivity contribution is 0.386. The number of nitrogens with zero attached hydrogens (tertiary/aromatic N) is 2. The van der Waals surface area contributed by atoms with E-state index in [2.05, 4.69) is 4.98 Å². The number of aromatic nitrogens is 2. The van der Waals surface area contributed by atoms with Gasteiger partial charge >= 0.3 is 0 Å². The summed E-state index contributed by atoms with van der Waals surface area (Å²) in [6.07, 6.45) is 4.25. The number of ether oxygens (including phenoxy) is 1. The molecule has 0 aliphatic rings. The standard InChI is InChI=1S/C12H14FN3O/c1-3-12-15-4-5-16(12)10-7-11(17-2)8(13)6-9(10)14/h4-7H,3,14H2,1-2H3. The molecule has 2 N–H and O–H groups in total. The van der Waals surface area contributed by atoms with Crippen LogP contribution in [0.25, 0.3) is 5.69 Å². The lowest BCUT2D eigenvalue weighted by Gasteiger charge is -2.12. The Bertz CT molecular complexity index is 537. The minimum Gasteiger partial charge on any atom is -0.494 e. The van der Waals surface area contributed by atoms with E-state index in [0.29, 0.717) is 11.4 Å². The molecule has 0 unspecified atom stereocenters. The number of benzene rings is 1. The predicted molar refractivity (Wildman–Crippen MR) is 63.9 cm³/mol. The van der Waals surface area contributed by atoms with Crippen LogP contribution in [0, 0.1) is 5.82 Å². The molecule has 0 fully saturated rings. The third-order valence-corrected chi connectivity index (χ3v) is 2.59. The number of aryl methyl sites for hydroxylation is 1. The number of imidazole rings is 1. The summed E-state index contributed by atoms with van der Waals surface area (Å²) in [6, 6.07) is 2.83. The molecule has 4 nitrogen and oxygen atoms in total. The van der Waals surface area contributed by atoms with E-state index in [4.69, 9.17) is 10.5 Å². The molecule has 0 atom stereocenters. The summed E-state index contributed by atoms with van der Waals surface area (Å²) < 4.78 is 20.2. The van der Waals surface area contributed by atoms with Gasteiger partial charge in [-0.05, 0) is 0 Å². The predicted octanol–water partition coefficient (Wildman–Crippen LogP) is 2.16. The molecule has 0 spiro atoms. The van der Waals surface area contributed by atoms with Crippen molar-refractivity contribution in [2.75, 3.05) is 12.8 Å². The number of hydrogen-bond acceptors (Lipinski definition) is 3. The molecule has 0 amide bonds. The van der Waals surface area contributed by atoms with Gasteiger partial charge in [0.15, 0.2) is 11.6 Å². The van der Waals surface area contributed by atoms with Gasteiger partial charge in [-0.2, -0.15) is 0 Å². The summed E-state index contributed by atoms with van der Waals surface area (Å²) in [5.41, 5.74) is 6.85. The van der Waals surface area contributed by atoms with Gasteiger partial charge < -0.3 is 15.0 Å². The largest absolute Gasteiger partial charge is 0.494 e. The van der Waals surface area contributed by atoms with E-state index in [0.717, 1.165) is 12.2 Å². The quantitative estimate of drug-likeness (QED) is 0.829. The maximum atomic E-state index is 13.4. The summed E-state index contributed by atoms with van der Waals surface area (Å²) in [6.45, 7) is 2.00. The molecule has 5 heteroatoms. The third-order valence-electron chi connectivity index (χ3n) is 2.59. The third kappa shape index (κ3) is 1.95. The number of methoxy groups -OCH3 is 1. The second-order valence-corrected chi connectivity index (χ2v) is 3.61. The van der Waals surface area contributed by atoms with Crippen molar-refractivity contribution in [1.82, 2.24) is 9.55 Å². The van der Waals surface area contributed by atoms with Crippen LogP contribution in [-0.4, -0.2) is 16.7 Å². The van der Waals surface area contributed by atoms with Gasteiger partial charge in [-0.3, -0.25) is 0 Å². The van der Waals surface area contributed by atoms with Crippen LogP contribution in [-0.2, 0) is 6.42 Å². The first-order valence-corrected chi connectivity index (χ1v) is 5.33. The maximum Gasteiger partial charge on any atom is 0.167 e. The van der Waals surface area contributed by atoms with Gasteiger partial charge in [0.25, 0.3) is 0 Å². The number of nitrogens with two attached hydrogens (primary N) is 1. The van der Waals surface area contributed by atoms with Gasteiger partial charge in [-0.15, -0.1) is 0 Å². The Labute approximate surface area is 98.8 Å². The first kappa shape index (κ1) is 11.4. The molecule has 0 radical (unpaired) electrons. The maximum absolute atomic E-state index is 13.4. The van der Waals surface area contributed by atoms with Gasteiger partial charge in [0, 0.05) is 30.9 Å². The minimum absolute atomic E-state index is 0.171. The zero-order chi connectivity index (χ0) is 12.4. The fourth-order valence-corrected chi connectivity index (χ4v) is 1.74. The molecule has 1 aromatic carbocycles. The molecule has 1 aromatic heterocycles. The highest BCUT2D eigenvalue weighted by atomic mass is 19.1. The molecule has 0 aliphatic carbocycles. The van der Waals surface area contributed by atoms with Gasteiger partial charge in [0.2, 0.25) is 0 Å². The van der Waals surface area contributed by atoms with Crippen molar-refractivity contribution in [2.45, 2.75) is 13.3 Å². The molecule has 0 saturated heterocycles. The zero-order valence-electron chi connectivity index (χ0n) is 9.77. The highest BCUT2D eigenvalue weighted by Crippen LogP contribution is 2.27. The molecule has 90 valence electrons. The van der Waals surface area contributed by atoms with E-state index in [-0.39, 0.29) is 5.75 Å². The smallest absolute Gasteiger partial charge is 0.167 e. The van der Waals surface area contributed by atoms with Crippen LogP contribution in [0.1, 0.15) is 12.7 Å². The van der Waals surface area contributed by atoms with E-state index in [1.165, 1.54) is 13.2 Å². The Morgan fingerprint density at radius 3 is 2.88 bits per heavy atom. The Balaban J connectivity index is 2.59. The molecule has 17 heavy (non-hydrogen) atoms. The number of rotatable bonds is 3. The van der Waals surface area contributed by atoms with Crippen LogP contribution in [0.2, 0.25) is 0 Å². The average molecular weight is 235 g/mol. The Hall–Kier alpha value is -2.04. The summed E-state index contributed by atoms with van der Waals surface area (Å²) in [4.78, 5) is 4.20. The van der Waals surface area contributed by atoms with Crippen molar-refractivity contribution in [1.29, 1.82) is 0 Å². The Morgan fingerprint density at radius 1 is 1.47 bits per heavy atom. The lowest BCUT2D eigenvalue weighted by Crippen LogP contribution is -2.04. The number of anilines is 1. The fourth-order valence-electron chi connectivity index (χ4n) is 1.74. The Kier molecular flexibility index (Phi) is 2.99. The second-order valence-electron chi connectivity index (χ2n) is 3.61. The van der Waals surface area contributed by atoms with Gasteiger partial charge in [0.1, 0.15) is 5.82 Å². The number of hydrogen-bond donors (Lipinski definition) is 1. The van der Waals surface area contributed by atoms with Crippen LogP contribution in [0.5, 0.6) is 5.75 Å². The summed E-state index contributed by atoms with van der Waals surface area (Å²) in [5, 5.41) is 0. The van der Waals surface area contributed by atoms with Gasteiger partial charge in [-0.1, -0.05) is 6.92 Å². The molecule has 0 aliphatic heterocycles. The van der Waals surface area contributed by atoms with Crippen LogP contribution in [0.15, 0.2) is 24.5 Å². The minimum atomic E-state index is -0.466. The van der Waals surface area contributed by atoms with Crippen molar-refractivity contribution < 1.29 is 9.13 Å². The van der Waals surface area contributed by atoms with Crippen LogP contribution < -0.4 is 10.5 Å². The van der Waals surface area contributed by atoms with E-state index in [1.807, 2.05) is 11.5 Å². The summed E-state index contributed by atoms with van der Waals surface area (Å²) in [5.74, 6) is 0.572. The van der Waals surface area contributed by atoms with Crippen molar-refractivity contribution in [3.8, 4) is 11.4 Å². The van der Waals surface area contributed by atoms with Gasteiger partial charge in [0.05, 0.1) is 18.5 Å². The van der Waals surface area contributed by atoms with Crippen LogP contribution >= 0.6 is 0 Å². The molecular weight excluding hydrogens is 221 g/mol. The fraction of sp³-hybridized carbons (Fsp3) is 0.250. The van der Waals surface area contributed by atoms with E-state index in [9.17, 15) is 4.39 Å². The van der Waals surface area contributed by atoms with E-state index in [1.54, 1.807) is 18.5 Å². The number of halogens is 1. The highest BCUT2D eigenvalue weighted by molar-refractivity contribution is 5.61. The number of nitrogen functional groups attached to an aromatic ring is 1. The topological polar surface area (TPSA) is 53.1 Å². The monoisotopic (exact) mass is 235 g/mol. The van der Waals surface area contributed by atoms with E-state index < -0.39 is 5.82 Å². The molecule has 0 saturated carbocycles. The first-order chi connectivity index (χ1) is 8.17. The van der Waals surface area contributed by atoms with E-state index >= 15 is 0 Å². The molecule has 0 bridgehead atoms. The van der Waals surface area contributed by atoms with Gasteiger partial charge in [-0.25, -0.2) is 9.37 Å². The van der Waals surface area contributed by atoms with Crippen LogP contribution in [0.3, 0.4) is 0 Å². The highest BCUT2D eigenvalue weighted by Gasteiger charge is 2.11. The molecule has 2 rings (SSSR count). The molecule has 2 aromatic rings. The van der Waals surface area contributed by atoms with Crippen molar-refractivity contribution in [3.05, 3.63) is 36.2 Å². The summed E-state index contributed by atoms with van der Waals surface area (Å²) >= 11 is 0. The average Bonchev–Trinajstić information content (AvgIpc) is 2.77. The zero-order valence-corrected chi connectivity index (χ0v) is 9.77. The lowest BCUT2D eigenvalue weighted by atomic mass is 10.2. The normalized spacial score (nSPS) is 10.5. The molecular formula is C12H14FN3O. The van der Waals surface area contributed by atoms with Crippen molar-refractivity contribution in [3.63, 3.8) is 0 Å². The summed E-state index contributed by atoms with van der Waals surface area (Å²) in [7, 11) is 1.42. The van der Waals surface area contributed by atoms with Crippen molar-refractivity contribution in [2.24, 2.45) is 0 Å². The van der Waals surface area contributed by atoms with Crippen LogP contribution in [0.4, 0.5) is 10.1 Å². The molecule has 1 heterocycles. The van der Waals surface area contributed by atoms with Crippen molar-refractivity contribution >= 4 is 5.69 Å². The second kappa shape index (κ2) is 4.45. The SMILES string of the molecule is CCc1nccn1-c1cc(OC)c(F)cc1N. The Morgan fingerprint density at radius 2 is 2.24 bits per heavy atom. The first-order valence-electron chi connectivity index (χ1n) is 5.33.